The number of nitro groups is 2. The van der Waals surface area contributed by atoms with Gasteiger partial charge in [0.2, 0.25) is 0 Å². The van der Waals surface area contributed by atoms with Crippen molar-refractivity contribution in [1.82, 2.24) is 10.6 Å². The Hall–Kier alpha value is -3.80. The smallest absolute Gasteiger partial charge is 0.320 e. The summed E-state index contributed by atoms with van der Waals surface area (Å²) in [7, 11) is 0. The van der Waals surface area contributed by atoms with Gasteiger partial charge in [-0.1, -0.05) is 0 Å². The molecule has 18 heteroatoms. The molecule has 172 valence electrons. The van der Waals surface area contributed by atoms with E-state index in [1.165, 1.54) is 0 Å². The summed E-state index contributed by atoms with van der Waals surface area (Å²) in [5.41, 5.74) is 20.6. The van der Waals surface area contributed by atoms with Crippen LogP contribution in [0.15, 0.2) is 10.2 Å². The summed E-state index contributed by atoms with van der Waals surface area (Å²) >= 11 is 0. The third-order valence-corrected chi connectivity index (χ3v) is 3.01. The topological polar surface area (TPSA) is 314 Å². The number of nitrogens with two attached hydrogens (primary N) is 4. The molecule has 0 saturated heterocycles. The Morgan fingerprint density at radius 2 is 1.13 bits per heavy atom. The first kappa shape index (κ1) is 28.4. The number of carboxylic acid groups (broad SMARTS) is 2. The lowest BCUT2D eigenvalue weighted by atomic mass is 10.2. The van der Waals surface area contributed by atoms with E-state index < -0.39 is 34.1 Å². The lowest BCUT2D eigenvalue weighted by molar-refractivity contribution is -0.485. The third-order valence-electron chi connectivity index (χ3n) is 3.01. The average Bonchev–Trinajstić information content (AvgIpc) is 2.61. The summed E-state index contributed by atoms with van der Waals surface area (Å²) in [5.74, 6) is -2.79. The van der Waals surface area contributed by atoms with Crippen LogP contribution in [0.1, 0.15) is 25.7 Å². The highest BCUT2D eigenvalue weighted by atomic mass is 16.7. The number of rotatable bonds is 12. The van der Waals surface area contributed by atoms with E-state index in [4.69, 9.17) is 33.1 Å². The lowest BCUT2D eigenvalue weighted by Gasteiger charge is -2.06. The maximum absolute atomic E-state index is 10.3. The van der Waals surface area contributed by atoms with Crippen molar-refractivity contribution in [2.24, 2.45) is 33.1 Å². The van der Waals surface area contributed by atoms with E-state index in [1.807, 2.05) is 0 Å². The second-order valence-corrected chi connectivity index (χ2v) is 5.47. The van der Waals surface area contributed by atoms with Crippen LogP contribution in [-0.2, 0) is 9.59 Å². The summed E-state index contributed by atoms with van der Waals surface area (Å²) in [6, 6.07) is -1.86. The van der Waals surface area contributed by atoms with Gasteiger partial charge in [0.25, 0.3) is 11.9 Å². The maximum Gasteiger partial charge on any atom is 0.320 e. The van der Waals surface area contributed by atoms with Crippen LogP contribution in [0.25, 0.3) is 0 Å². The molecule has 0 aromatic carbocycles. The van der Waals surface area contributed by atoms with Crippen molar-refractivity contribution < 1.29 is 29.9 Å². The number of nitrogens with one attached hydrogen (secondary N) is 2. The number of aliphatic carboxylic acids is 2. The molecule has 2 atom stereocenters. The minimum absolute atomic E-state index is 0.258. The molecule has 18 nitrogen and oxygen atoms in total. The Labute approximate surface area is 169 Å². The molecule has 0 unspecified atom stereocenters. The van der Waals surface area contributed by atoms with E-state index in [-0.39, 0.29) is 37.9 Å². The minimum Gasteiger partial charge on any atom is -0.480 e. The Morgan fingerprint density at radius 3 is 1.37 bits per heavy atom. The molecule has 0 bridgehead atoms. The fourth-order valence-electron chi connectivity index (χ4n) is 1.57. The molecular formula is C12H26N10O8. The quantitative estimate of drug-likeness (QED) is 0.0483. The van der Waals surface area contributed by atoms with Crippen molar-refractivity contribution in [3.8, 4) is 0 Å². The molecule has 0 saturated carbocycles. The predicted molar refractivity (Wildman–Crippen MR) is 103 cm³/mol. The Morgan fingerprint density at radius 1 is 0.833 bits per heavy atom. The number of carbonyl (C=O) groups is 2. The number of nitrogens with zero attached hydrogens (tertiary/aromatic N) is 4. The van der Waals surface area contributed by atoms with Gasteiger partial charge in [-0.05, 0) is 25.7 Å². The van der Waals surface area contributed by atoms with Crippen LogP contribution < -0.4 is 33.6 Å². The molecule has 12 N–H and O–H groups in total. The number of hydrogen-bond acceptors (Lipinski definition) is 8. The van der Waals surface area contributed by atoms with Crippen molar-refractivity contribution in [3.05, 3.63) is 20.2 Å². The molecule has 0 rings (SSSR count). The molecule has 0 spiro atoms. The summed E-state index contributed by atoms with van der Waals surface area (Å²) < 4.78 is 0. The molecule has 0 fully saturated rings. The van der Waals surface area contributed by atoms with Gasteiger partial charge in [0.15, 0.2) is 10.1 Å². The van der Waals surface area contributed by atoms with Crippen LogP contribution >= 0.6 is 0 Å². The van der Waals surface area contributed by atoms with Crippen LogP contribution in [0, 0.1) is 20.2 Å². The highest BCUT2D eigenvalue weighted by Crippen LogP contribution is 1.93. The SMILES string of the molecule is NC(=N[N+](=O)[O-])NCCC[C@H](N)C(=O)O.NC(=N[N+](=O)[O-])NCCC[C@H](N)C(=O)O. The Bertz CT molecular complexity index is 586. The van der Waals surface area contributed by atoms with E-state index in [9.17, 15) is 29.8 Å². The molecule has 0 aromatic heterocycles. The van der Waals surface area contributed by atoms with Crippen LogP contribution in [0.3, 0.4) is 0 Å². The first-order valence-electron chi connectivity index (χ1n) is 8.28. The molecule has 30 heavy (non-hydrogen) atoms. The second-order valence-electron chi connectivity index (χ2n) is 5.47. The zero-order valence-electron chi connectivity index (χ0n) is 15.8. The van der Waals surface area contributed by atoms with E-state index >= 15 is 0 Å². The molecular weight excluding hydrogens is 412 g/mol. The summed E-state index contributed by atoms with van der Waals surface area (Å²) in [5, 5.41) is 45.1. The highest BCUT2D eigenvalue weighted by Gasteiger charge is 2.11. The summed E-state index contributed by atoms with van der Waals surface area (Å²) in [6.45, 7) is 0.564. The lowest BCUT2D eigenvalue weighted by Crippen LogP contribution is -2.35. The van der Waals surface area contributed by atoms with Crippen molar-refractivity contribution in [2.45, 2.75) is 37.8 Å². The minimum atomic E-state index is -1.08. The fraction of sp³-hybridized carbons (Fsp3) is 0.667. The number of hydrogen-bond donors (Lipinski definition) is 8. The van der Waals surface area contributed by atoms with Gasteiger partial charge in [-0.3, -0.25) is 9.59 Å². The van der Waals surface area contributed by atoms with E-state index in [2.05, 4.69) is 20.8 Å². The van der Waals surface area contributed by atoms with Gasteiger partial charge in [0.1, 0.15) is 22.3 Å². The van der Waals surface area contributed by atoms with Gasteiger partial charge >= 0.3 is 11.9 Å². The first-order valence-corrected chi connectivity index (χ1v) is 8.28. The van der Waals surface area contributed by atoms with Gasteiger partial charge < -0.3 is 43.8 Å². The van der Waals surface area contributed by atoms with Gasteiger partial charge in [-0.15, -0.1) is 0 Å². The average molecular weight is 438 g/mol. The van der Waals surface area contributed by atoms with E-state index in [1.54, 1.807) is 0 Å². The summed E-state index contributed by atoms with van der Waals surface area (Å²) in [4.78, 5) is 40.3. The molecule has 0 aliphatic carbocycles. The van der Waals surface area contributed by atoms with E-state index in [0.717, 1.165) is 0 Å². The highest BCUT2D eigenvalue weighted by molar-refractivity contribution is 5.77. The van der Waals surface area contributed by atoms with Gasteiger partial charge in [0.05, 0.1) is 0 Å². The number of guanidine groups is 2. The monoisotopic (exact) mass is 438 g/mol. The van der Waals surface area contributed by atoms with Crippen LogP contribution in [0.4, 0.5) is 0 Å². The van der Waals surface area contributed by atoms with Gasteiger partial charge in [0, 0.05) is 13.1 Å². The molecule has 0 heterocycles. The fourth-order valence-corrected chi connectivity index (χ4v) is 1.57. The Kier molecular flexibility index (Phi) is 15.3. The van der Waals surface area contributed by atoms with Crippen molar-refractivity contribution in [3.63, 3.8) is 0 Å². The number of carboxylic acids is 2. The van der Waals surface area contributed by atoms with Gasteiger partial charge in [-0.2, -0.15) is 0 Å². The standard InChI is InChI=1S/2C6H13N5O4/c2*7-4(5(12)13)2-1-3-9-6(8)10-11(14)15/h2*4H,1-3,7H2,(H,12,13)(H3,8,9,10)/t2*4-/m00/s1. The number of hydrazone groups is 2. The summed E-state index contributed by atoms with van der Waals surface area (Å²) in [6.07, 6.45) is 1.38. The van der Waals surface area contributed by atoms with E-state index in [0.29, 0.717) is 12.8 Å². The van der Waals surface area contributed by atoms with Gasteiger partial charge in [-0.25, -0.2) is 20.2 Å². The van der Waals surface area contributed by atoms with Crippen molar-refractivity contribution in [1.29, 1.82) is 0 Å². The van der Waals surface area contributed by atoms with Crippen LogP contribution in [-0.4, -0.2) is 69.3 Å². The normalized spacial score (nSPS) is 13.3. The third kappa shape index (κ3) is 19.0. The molecule has 0 amide bonds. The maximum atomic E-state index is 10.3. The Balaban J connectivity index is 0. The first-order chi connectivity index (χ1) is 13.9. The molecule has 0 aliphatic heterocycles. The van der Waals surface area contributed by atoms with Crippen LogP contribution in [0.2, 0.25) is 0 Å². The zero-order valence-corrected chi connectivity index (χ0v) is 15.8. The van der Waals surface area contributed by atoms with Crippen LogP contribution in [0.5, 0.6) is 0 Å². The predicted octanol–water partition coefficient (Wildman–Crippen LogP) is -3.45. The van der Waals surface area contributed by atoms with Crippen molar-refractivity contribution in [2.75, 3.05) is 13.1 Å². The largest absolute Gasteiger partial charge is 0.480 e. The van der Waals surface area contributed by atoms with Crippen molar-refractivity contribution >= 4 is 23.9 Å². The second kappa shape index (κ2) is 16.2. The molecule has 0 aromatic rings. The molecule has 0 radical (unpaired) electrons. The molecule has 0 aliphatic rings. The zero-order chi connectivity index (χ0) is 23.7.